The zero-order chi connectivity index (χ0) is 4.99. The molecular formula is C3H8ClHgO. The SMILES string of the molecule is C[CH2][Hg]([Cl])[O]C. The van der Waals surface area contributed by atoms with Gasteiger partial charge >= 0.3 is 51.1 Å². The van der Waals surface area contributed by atoms with Crippen molar-refractivity contribution >= 4 is 8.25 Å². The Balaban J connectivity index is 2.75. The Labute approximate surface area is 51.0 Å². The molecular weight excluding hydrogens is 288 g/mol. The van der Waals surface area contributed by atoms with Crippen molar-refractivity contribution in [2.45, 2.75) is 10.9 Å². The molecule has 0 aromatic carbocycles. The Morgan fingerprint density at radius 1 is 1.83 bits per heavy atom. The molecule has 1 nitrogen and oxygen atoms in total. The summed E-state index contributed by atoms with van der Waals surface area (Å²) in [6.45, 7) is 2.08. The quantitative estimate of drug-likeness (QED) is 0.706. The van der Waals surface area contributed by atoms with Crippen LogP contribution in [0.5, 0.6) is 0 Å². The Morgan fingerprint density at radius 2 is 2.33 bits per heavy atom. The molecule has 0 aliphatic heterocycles. The van der Waals surface area contributed by atoms with Crippen LogP contribution in [-0.2, 0) is 24.9 Å². The summed E-state index contributed by atoms with van der Waals surface area (Å²) in [7, 11) is 7.36. The zero-order valence-corrected chi connectivity index (χ0v) is 10.5. The van der Waals surface area contributed by atoms with Crippen molar-refractivity contribution in [1.29, 1.82) is 0 Å². The molecule has 0 N–H and O–H groups in total. The van der Waals surface area contributed by atoms with Crippen LogP contribution in [0.4, 0.5) is 0 Å². The molecule has 0 unspecified atom stereocenters. The van der Waals surface area contributed by atoms with Crippen LogP contribution < -0.4 is 0 Å². The van der Waals surface area contributed by atoms with Crippen molar-refractivity contribution < 1.29 is 24.9 Å². The van der Waals surface area contributed by atoms with Gasteiger partial charge in [0.05, 0.1) is 0 Å². The van der Waals surface area contributed by atoms with Crippen molar-refractivity contribution in [3.05, 3.63) is 0 Å². The molecule has 0 rings (SSSR count). The molecule has 0 spiro atoms. The third kappa shape index (κ3) is 3.38. The fourth-order valence-electron chi connectivity index (χ4n) is 0.204. The van der Waals surface area contributed by atoms with E-state index in [0.29, 0.717) is 0 Å². The Morgan fingerprint density at radius 3 is 2.33 bits per heavy atom. The molecule has 35 valence electrons. The standard InChI is InChI=1S/C2H5.CH3O.ClH.Hg/c2*1-2;;/h1H2,2H3;1H3;1H;/q;-1;;+2/p-1. The van der Waals surface area contributed by atoms with E-state index < -0.39 is 22.2 Å². The van der Waals surface area contributed by atoms with Gasteiger partial charge in [-0.2, -0.15) is 0 Å². The first-order valence-corrected chi connectivity index (χ1v) is 15.1. The average molecular weight is 296 g/mol. The molecule has 0 aliphatic rings. The van der Waals surface area contributed by atoms with Crippen LogP contribution in [0.1, 0.15) is 6.92 Å². The van der Waals surface area contributed by atoms with E-state index in [2.05, 4.69) is 6.92 Å². The molecule has 0 atom stereocenters. The van der Waals surface area contributed by atoms with Crippen LogP contribution in [-0.4, -0.2) is 7.11 Å². The Kier molecular flexibility index (Phi) is 5.21. The van der Waals surface area contributed by atoms with Gasteiger partial charge in [0.15, 0.2) is 0 Å². The zero-order valence-electron chi connectivity index (χ0n) is 4.20. The third-order valence-corrected chi connectivity index (χ3v) is 11.4. The fourth-order valence-corrected chi connectivity index (χ4v) is 1.79. The van der Waals surface area contributed by atoms with Crippen molar-refractivity contribution in [3.8, 4) is 0 Å². The summed E-state index contributed by atoms with van der Waals surface area (Å²) < 4.78 is 6.00. The van der Waals surface area contributed by atoms with Crippen LogP contribution in [0, 0.1) is 0 Å². The van der Waals surface area contributed by atoms with E-state index in [0.717, 1.165) is 3.93 Å². The summed E-state index contributed by atoms with van der Waals surface area (Å²) in [5.74, 6) is 0. The molecule has 0 amide bonds. The van der Waals surface area contributed by atoms with Gasteiger partial charge in [-0.3, -0.25) is 0 Å². The summed E-state index contributed by atoms with van der Waals surface area (Å²) in [6.07, 6.45) is 0. The van der Waals surface area contributed by atoms with Crippen molar-refractivity contribution in [3.63, 3.8) is 0 Å². The van der Waals surface area contributed by atoms with E-state index in [1.54, 1.807) is 7.11 Å². The first-order chi connectivity index (χ1) is 2.81. The summed E-state index contributed by atoms with van der Waals surface area (Å²) in [6, 6.07) is 0. The number of rotatable bonds is 2. The van der Waals surface area contributed by atoms with E-state index in [-0.39, 0.29) is 0 Å². The van der Waals surface area contributed by atoms with Crippen LogP contribution in [0.25, 0.3) is 0 Å². The minimum atomic E-state index is -1.92. The molecule has 0 aromatic rings. The second-order valence-electron chi connectivity index (χ2n) is 1.29. The topological polar surface area (TPSA) is 9.23 Å². The average Bonchev–Trinajstić information content (AvgIpc) is 1.65. The first kappa shape index (κ1) is 7.19. The Hall–Kier alpha value is 1.19. The van der Waals surface area contributed by atoms with Gasteiger partial charge in [-0.25, -0.2) is 0 Å². The molecule has 0 aliphatic carbocycles. The fraction of sp³-hybridized carbons (Fsp3) is 1.00. The van der Waals surface area contributed by atoms with Crippen molar-refractivity contribution in [1.82, 2.24) is 0 Å². The summed E-state index contributed by atoms with van der Waals surface area (Å²) in [5, 5.41) is 0. The van der Waals surface area contributed by atoms with Crippen LogP contribution in [0.3, 0.4) is 0 Å². The summed E-state index contributed by atoms with van der Waals surface area (Å²) >= 11 is -1.92. The van der Waals surface area contributed by atoms with E-state index in [9.17, 15) is 0 Å². The van der Waals surface area contributed by atoms with Crippen molar-refractivity contribution in [2.75, 3.05) is 7.11 Å². The molecule has 3 heteroatoms. The predicted octanol–water partition coefficient (Wildman–Crippen LogP) is 1.76. The van der Waals surface area contributed by atoms with Crippen molar-refractivity contribution in [2.24, 2.45) is 0 Å². The van der Waals surface area contributed by atoms with Gasteiger partial charge in [-0.05, 0) is 0 Å². The number of halogens is 1. The predicted molar refractivity (Wildman–Crippen MR) is 23.3 cm³/mol. The number of hydrogen-bond donors (Lipinski definition) is 0. The molecule has 0 fully saturated rings. The molecule has 0 bridgehead atoms. The monoisotopic (exact) mass is 297 g/mol. The van der Waals surface area contributed by atoms with E-state index in [1.165, 1.54) is 0 Å². The summed E-state index contributed by atoms with van der Waals surface area (Å²) in [5.41, 5.74) is 0. The Bertz CT molecular complexity index is 30.0. The number of hydrogen-bond acceptors (Lipinski definition) is 1. The van der Waals surface area contributed by atoms with Gasteiger partial charge in [0.25, 0.3) is 0 Å². The molecule has 0 radical (unpaired) electrons. The first-order valence-electron chi connectivity index (χ1n) is 2.17. The third-order valence-electron chi connectivity index (χ3n) is 0.706. The van der Waals surface area contributed by atoms with E-state index in [4.69, 9.17) is 10.9 Å². The summed E-state index contributed by atoms with van der Waals surface area (Å²) in [4.78, 5) is 0. The van der Waals surface area contributed by atoms with Crippen LogP contribution in [0.15, 0.2) is 0 Å². The van der Waals surface area contributed by atoms with Gasteiger partial charge in [0, 0.05) is 0 Å². The van der Waals surface area contributed by atoms with E-state index >= 15 is 0 Å². The second-order valence-corrected chi connectivity index (χ2v) is 16.6. The maximum absolute atomic E-state index is 5.66. The van der Waals surface area contributed by atoms with Gasteiger partial charge in [0.2, 0.25) is 0 Å². The maximum atomic E-state index is 5.66. The van der Waals surface area contributed by atoms with Gasteiger partial charge < -0.3 is 0 Å². The molecule has 0 saturated carbocycles. The van der Waals surface area contributed by atoms with Gasteiger partial charge in [-0.15, -0.1) is 0 Å². The molecule has 6 heavy (non-hydrogen) atoms. The minimum absolute atomic E-state index is 1.10. The van der Waals surface area contributed by atoms with Crippen LogP contribution in [0.2, 0.25) is 3.93 Å². The molecule has 0 saturated heterocycles. The second kappa shape index (κ2) is 4.35. The van der Waals surface area contributed by atoms with Gasteiger partial charge in [0.1, 0.15) is 0 Å². The molecule has 0 aromatic heterocycles. The van der Waals surface area contributed by atoms with E-state index in [1.807, 2.05) is 0 Å². The normalized spacial score (nSPS) is 8.50. The van der Waals surface area contributed by atoms with Crippen LogP contribution >= 0.6 is 8.25 Å². The molecule has 0 heterocycles. The van der Waals surface area contributed by atoms with Gasteiger partial charge in [-0.1, -0.05) is 0 Å².